The third-order valence-corrected chi connectivity index (χ3v) is 9.20. The van der Waals surface area contributed by atoms with E-state index in [0.717, 1.165) is 22.3 Å². The molecule has 1 heterocycles. The van der Waals surface area contributed by atoms with Gasteiger partial charge in [-0.15, -0.1) is 18.5 Å². The number of hydrogen-bond acceptors (Lipinski definition) is 2. The van der Waals surface area contributed by atoms with Crippen LogP contribution in [0.25, 0.3) is 0 Å². The van der Waals surface area contributed by atoms with Gasteiger partial charge in [-0.1, -0.05) is 121 Å². The molecule has 0 amide bonds. The van der Waals surface area contributed by atoms with Crippen LogP contribution < -0.4 is 0 Å². The highest BCUT2D eigenvalue weighted by Gasteiger charge is 2.66. The Balaban J connectivity index is 1.88. The van der Waals surface area contributed by atoms with Gasteiger partial charge >= 0.3 is 0 Å². The molecule has 2 nitrogen and oxygen atoms in total. The molecule has 33 heavy (non-hydrogen) atoms. The minimum absolute atomic E-state index is 0.519. The van der Waals surface area contributed by atoms with Crippen molar-refractivity contribution in [3.05, 3.63) is 144 Å². The predicted octanol–water partition coefficient (Wildman–Crippen LogP) is 6.71. The SMILES string of the molecule is PC(c1ccccc1)(c1ccccc1)C1(C(P)(c2ccccc2)c2ccccc2)CCOO1. The van der Waals surface area contributed by atoms with Gasteiger partial charge in [0.2, 0.25) is 0 Å². The van der Waals surface area contributed by atoms with Crippen molar-refractivity contribution in [2.75, 3.05) is 6.61 Å². The first kappa shape index (κ1) is 22.5. The second-order valence-electron chi connectivity index (χ2n) is 8.56. The molecule has 1 saturated heterocycles. The van der Waals surface area contributed by atoms with Gasteiger partial charge in [0.1, 0.15) is 5.60 Å². The highest BCUT2D eigenvalue weighted by atomic mass is 31.0. The molecule has 2 unspecified atom stereocenters. The molecule has 4 aromatic carbocycles. The molecule has 1 fully saturated rings. The van der Waals surface area contributed by atoms with Crippen molar-refractivity contribution in [1.82, 2.24) is 0 Å². The molecular formula is C29H28O2P2. The summed E-state index contributed by atoms with van der Waals surface area (Å²) in [6.45, 7) is 0.519. The van der Waals surface area contributed by atoms with Crippen LogP contribution in [0.4, 0.5) is 0 Å². The Hall–Kier alpha value is -2.34. The van der Waals surface area contributed by atoms with E-state index in [1.165, 1.54) is 0 Å². The molecule has 1 aliphatic heterocycles. The Labute approximate surface area is 200 Å². The quantitative estimate of drug-likeness (QED) is 0.230. The van der Waals surface area contributed by atoms with Gasteiger partial charge in [0, 0.05) is 6.42 Å². The van der Waals surface area contributed by atoms with Crippen LogP contribution in [0.3, 0.4) is 0 Å². The summed E-state index contributed by atoms with van der Waals surface area (Å²) in [6, 6.07) is 42.5. The molecule has 0 spiro atoms. The standard InChI is InChI=1S/C29H28O2P2/c32-28(23-13-5-1-6-14-23,24-15-7-2-8-16-24)27(21-22-30-31-27)29(33,25-17-9-3-10-18-25)26-19-11-4-12-20-26/h1-20H,21-22,32-33H2. The summed E-state index contributed by atoms with van der Waals surface area (Å²) >= 11 is 0. The third-order valence-electron chi connectivity index (χ3n) is 6.93. The molecule has 1 aliphatic rings. The van der Waals surface area contributed by atoms with Gasteiger partial charge in [-0.2, -0.15) is 0 Å². The first-order valence-electron chi connectivity index (χ1n) is 11.2. The molecule has 0 aromatic heterocycles. The lowest BCUT2D eigenvalue weighted by Crippen LogP contribution is -2.60. The van der Waals surface area contributed by atoms with Crippen LogP contribution in [0.15, 0.2) is 121 Å². The summed E-state index contributed by atoms with van der Waals surface area (Å²) in [6.07, 6.45) is 0.716. The zero-order valence-corrected chi connectivity index (χ0v) is 20.7. The molecule has 166 valence electrons. The van der Waals surface area contributed by atoms with Gasteiger partial charge in [-0.3, -0.25) is 0 Å². The Morgan fingerprint density at radius 3 is 1.06 bits per heavy atom. The van der Waals surface area contributed by atoms with Crippen LogP contribution in [0.1, 0.15) is 28.7 Å². The van der Waals surface area contributed by atoms with Crippen LogP contribution in [0.5, 0.6) is 0 Å². The van der Waals surface area contributed by atoms with Crippen molar-refractivity contribution in [2.24, 2.45) is 0 Å². The predicted molar refractivity (Wildman–Crippen MR) is 141 cm³/mol. The van der Waals surface area contributed by atoms with Gasteiger partial charge in [-0.25, -0.2) is 9.78 Å². The Kier molecular flexibility index (Phi) is 6.21. The molecule has 0 aliphatic carbocycles. The largest absolute Gasteiger partial charge is 0.236 e. The molecule has 5 rings (SSSR count). The van der Waals surface area contributed by atoms with Gasteiger partial charge < -0.3 is 0 Å². The fourth-order valence-electron chi connectivity index (χ4n) is 5.28. The van der Waals surface area contributed by atoms with Crippen LogP contribution in [0, 0.1) is 0 Å². The third kappa shape index (κ3) is 3.49. The van der Waals surface area contributed by atoms with Gasteiger partial charge in [-0.05, 0) is 22.3 Å². The van der Waals surface area contributed by atoms with E-state index in [-0.39, 0.29) is 0 Å². The van der Waals surface area contributed by atoms with E-state index < -0.39 is 15.9 Å². The summed E-state index contributed by atoms with van der Waals surface area (Å²) in [5, 5.41) is -1.20. The monoisotopic (exact) mass is 470 g/mol. The van der Waals surface area contributed by atoms with E-state index in [0.29, 0.717) is 13.0 Å². The summed E-state index contributed by atoms with van der Waals surface area (Å²) in [7, 11) is 6.38. The number of rotatable bonds is 6. The second kappa shape index (κ2) is 9.13. The lowest BCUT2D eigenvalue weighted by atomic mass is 9.63. The molecule has 4 aromatic rings. The smallest absolute Gasteiger partial charge is 0.140 e. The van der Waals surface area contributed by atoms with E-state index in [2.05, 4.69) is 140 Å². The molecule has 0 bridgehead atoms. The van der Waals surface area contributed by atoms with Crippen molar-refractivity contribution in [2.45, 2.75) is 22.3 Å². The van der Waals surface area contributed by atoms with E-state index in [1.807, 2.05) is 0 Å². The van der Waals surface area contributed by atoms with Crippen molar-refractivity contribution in [3.63, 3.8) is 0 Å². The fourth-order valence-corrected chi connectivity index (χ4v) is 7.05. The minimum atomic E-state index is -0.777. The first-order chi connectivity index (χ1) is 16.1. The van der Waals surface area contributed by atoms with E-state index in [1.54, 1.807) is 0 Å². The number of benzene rings is 4. The highest BCUT2D eigenvalue weighted by molar-refractivity contribution is 7.21. The van der Waals surface area contributed by atoms with Crippen LogP contribution in [0.2, 0.25) is 0 Å². The first-order valence-corrected chi connectivity index (χ1v) is 12.4. The molecule has 0 radical (unpaired) electrons. The zero-order valence-electron chi connectivity index (χ0n) is 18.4. The van der Waals surface area contributed by atoms with Crippen LogP contribution >= 0.6 is 18.5 Å². The molecule has 2 atom stereocenters. The number of hydrogen-bond donors (Lipinski definition) is 0. The van der Waals surface area contributed by atoms with E-state index in [4.69, 9.17) is 9.78 Å². The second-order valence-corrected chi connectivity index (χ2v) is 10.3. The lowest BCUT2D eigenvalue weighted by molar-refractivity contribution is -0.321. The summed E-state index contributed by atoms with van der Waals surface area (Å²) in [5.74, 6) is 0. The molecule has 0 saturated carbocycles. The normalized spacial score (nSPS) is 15.9. The van der Waals surface area contributed by atoms with E-state index >= 15 is 0 Å². The summed E-state index contributed by atoms with van der Waals surface area (Å²) in [4.78, 5) is 12.4. The maximum absolute atomic E-state index is 6.55. The fraction of sp³-hybridized carbons (Fsp3) is 0.172. The maximum Gasteiger partial charge on any atom is 0.140 e. The van der Waals surface area contributed by atoms with Crippen LogP contribution in [-0.2, 0) is 20.1 Å². The average Bonchev–Trinajstić information content (AvgIpc) is 3.42. The van der Waals surface area contributed by atoms with Crippen molar-refractivity contribution < 1.29 is 9.78 Å². The summed E-state index contributed by atoms with van der Waals surface area (Å²) in [5.41, 5.74) is 3.85. The summed E-state index contributed by atoms with van der Waals surface area (Å²) < 4.78 is 0. The van der Waals surface area contributed by atoms with Crippen LogP contribution in [-0.4, -0.2) is 12.2 Å². The average molecular weight is 470 g/mol. The Morgan fingerprint density at radius 1 is 0.515 bits per heavy atom. The van der Waals surface area contributed by atoms with Crippen molar-refractivity contribution in [3.8, 4) is 0 Å². The van der Waals surface area contributed by atoms with E-state index in [9.17, 15) is 0 Å². The Morgan fingerprint density at radius 2 is 0.818 bits per heavy atom. The zero-order chi connectivity index (χ0) is 22.8. The van der Waals surface area contributed by atoms with Gasteiger partial charge in [0.15, 0.2) is 0 Å². The topological polar surface area (TPSA) is 18.5 Å². The minimum Gasteiger partial charge on any atom is -0.236 e. The van der Waals surface area contributed by atoms with Gasteiger partial charge in [0.05, 0.1) is 16.9 Å². The lowest BCUT2D eigenvalue weighted by Gasteiger charge is -2.54. The molecule has 4 heteroatoms. The van der Waals surface area contributed by atoms with Gasteiger partial charge in [0.25, 0.3) is 0 Å². The van der Waals surface area contributed by atoms with Crippen molar-refractivity contribution >= 4 is 18.5 Å². The molecule has 0 N–H and O–H groups in total. The Bertz CT molecular complexity index is 1010. The maximum atomic E-state index is 6.55. The highest BCUT2D eigenvalue weighted by Crippen LogP contribution is 2.64. The molecular weight excluding hydrogens is 442 g/mol. The van der Waals surface area contributed by atoms with Crippen molar-refractivity contribution in [1.29, 1.82) is 0 Å².